The molecule has 1 saturated carbocycles. The molecule has 172 valence electrons. The van der Waals surface area contributed by atoms with Gasteiger partial charge in [0.15, 0.2) is 0 Å². The second kappa shape index (κ2) is 8.03. The van der Waals surface area contributed by atoms with Crippen LogP contribution in [0.25, 0.3) is 11.3 Å². The first-order chi connectivity index (χ1) is 14.9. The number of benzene rings is 1. The van der Waals surface area contributed by atoms with Gasteiger partial charge in [-0.15, -0.1) is 0 Å². The molecule has 1 unspecified atom stereocenters. The number of carbonyl (C=O) groups excluding carboxylic acids is 1. The lowest BCUT2D eigenvalue weighted by Crippen LogP contribution is -2.41. The molecule has 32 heavy (non-hydrogen) atoms. The van der Waals surface area contributed by atoms with E-state index in [1.54, 1.807) is 0 Å². The Morgan fingerprint density at radius 1 is 1.09 bits per heavy atom. The van der Waals surface area contributed by atoms with E-state index in [2.05, 4.69) is 49.8 Å². The molecule has 0 amide bonds. The summed E-state index contributed by atoms with van der Waals surface area (Å²) in [6.45, 7) is 14.0. The van der Waals surface area contributed by atoms with Gasteiger partial charge in [0.25, 0.3) is 0 Å². The van der Waals surface area contributed by atoms with Gasteiger partial charge in [0, 0.05) is 5.92 Å². The van der Waals surface area contributed by atoms with Crippen LogP contribution in [0.2, 0.25) is 0 Å². The third kappa shape index (κ3) is 4.51. The van der Waals surface area contributed by atoms with Crippen LogP contribution >= 0.6 is 0 Å². The second-order valence-corrected chi connectivity index (χ2v) is 11.1. The zero-order valence-electron chi connectivity index (χ0n) is 20.3. The molecule has 1 N–H and O–H groups in total. The van der Waals surface area contributed by atoms with Gasteiger partial charge in [-0.05, 0) is 72.3 Å². The molecule has 2 aliphatic rings. The Bertz CT molecular complexity index is 959. The number of imidazole rings is 1. The largest absolute Gasteiger partial charge is 0.494 e. The minimum Gasteiger partial charge on any atom is -0.460 e. The Hall–Kier alpha value is -2.12. The average Bonchev–Trinajstić information content (AvgIpc) is 3.38. The SMILES string of the molecule is CC(C)(C)OC(=O)C1CCC[C@H]1c1ncc(-c2ccc(B3OC(C)(C)C(C)(C)O3)cc2)[nH]1. The summed E-state index contributed by atoms with van der Waals surface area (Å²) < 4.78 is 18.0. The van der Waals surface area contributed by atoms with E-state index in [1.807, 2.05) is 39.1 Å². The van der Waals surface area contributed by atoms with Crippen molar-refractivity contribution < 1.29 is 18.8 Å². The third-order valence-electron chi connectivity index (χ3n) is 6.92. The molecule has 2 fully saturated rings. The fourth-order valence-electron chi connectivity index (χ4n) is 4.42. The first kappa shape index (κ1) is 23.1. The van der Waals surface area contributed by atoms with E-state index >= 15 is 0 Å². The van der Waals surface area contributed by atoms with E-state index in [4.69, 9.17) is 14.0 Å². The van der Waals surface area contributed by atoms with Crippen molar-refractivity contribution in [1.29, 1.82) is 0 Å². The monoisotopic (exact) mass is 438 g/mol. The molecule has 6 nitrogen and oxygen atoms in total. The Labute approximate surface area is 191 Å². The number of aromatic amines is 1. The smallest absolute Gasteiger partial charge is 0.460 e. The van der Waals surface area contributed by atoms with E-state index in [9.17, 15) is 4.79 Å². The molecule has 1 aliphatic carbocycles. The summed E-state index contributed by atoms with van der Waals surface area (Å²) in [7, 11) is -0.376. The highest BCUT2D eigenvalue weighted by atomic mass is 16.7. The van der Waals surface area contributed by atoms with Crippen LogP contribution in [0.1, 0.15) is 79.5 Å². The molecule has 2 aromatic rings. The lowest BCUT2D eigenvalue weighted by atomic mass is 9.79. The molecular weight excluding hydrogens is 403 g/mol. The Morgan fingerprint density at radius 2 is 1.72 bits per heavy atom. The number of esters is 1. The summed E-state index contributed by atoms with van der Waals surface area (Å²) in [6, 6.07) is 8.18. The maximum Gasteiger partial charge on any atom is 0.494 e. The van der Waals surface area contributed by atoms with Crippen molar-refractivity contribution in [2.24, 2.45) is 5.92 Å². The lowest BCUT2D eigenvalue weighted by Gasteiger charge is -2.32. The van der Waals surface area contributed by atoms with Gasteiger partial charge >= 0.3 is 13.1 Å². The van der Waals surface area contributed by atoms with Gasteiger partial charge in [-0.3, -0.25) is 4.79 Å². The van der Waals surface area contributed by atoms with Gasteiger partial charge in [-0.2, -0.15) is 0 Å². The molecule has 1 aromatic carbocycles. The molecule has 0 spiro atoms. The summed E-state index contributed by atoms with van der Waals surface area (Å²) >= 11 is 0. The molecule has 1 aliphatic heterocycles. The van der Waals surface area contributed by atoms with Crippen molar-refractivity contribution in [3.05, 3.63) is 36.3 Å². The molecule has 2 heterocycles. The van der Waals surface area contributed by atoms with Crippen LogP contribution in [0.4, 0.5) is 0 Å². The normalized spacial score (nSPS) is 24.7. The predicted molar refractivity (Wildman–Crippen MR) is 126 cm³/mol. The highest BCUT2D eigenvalue weighted by Crippen LogP contribution is 2.40. The van der Waals surface area contributed by atoms with Crippen LogP contribution in [0.15, 0.2) is 30.5 Å². The van der Waals surface area contributed by atoms with Crippen LogP contribution in [0, 0.1) is 5.92 Å². The fourth-order valence-corrected chi connectivity index (χ4v) is 4.42. The highest BCUT2D eigenvalue weighted by molar-refractivity contribution is 6.62. The lowest BCUT2D eigenvalue weighted by molar-refractivity contribution is -0.160. The number of hydrogen-bond donors (Lipinski definition) is 1. The topological polar surface area (TPSA) is 73.4 Å². The van der Waals surface area contributed by atoms with E-state index in [1.165, 1.54) is 0 Å². The van der Waals surface area contributed by atoms with Gasteiger partial charge in [-0.25, -0.2) is 4.98 Å². The molecule has 0 radical (unpaired) electrons. The standard InChI is InChI=1S/C25H35BN2O4/c1-23(2,3)30-22(29)19-10-8-9-18(19)21-27-15-20(28-21)16-11-13-17(14-12-16)26-31-24(4,5)25(6,7)32-26/h11-15,18-19H,8-10H2,1-7H3,(H,27,28)/t18-,19?/m1/s1. The first-order valence-electron chi connectivity index (χ1n) is 11.6. The van der Waals surface area contributed by atoms with Gasteiger partial charge in [0.1, 0.15) is 11.4 Å². The molecule has 7 heteroatoms. The van der Waals surface area contributed by atoms with E-state index in [0.29, 0.717) is 0 Å². The van der Waals surface area contributed by atoms with Crippen LogP contribution in [0.3, 0.4) is 0 Å². The number of aromatic nitrogens is 2. The Morgan fingerprint density at radius 3 is 2.31 bits per heavy atom. The second-order valence-electron chi connectivity index (χ2n) is 11.1. The minimum atomic E-state index is -0.475. The van der Waals surface area contributed by atoms with Crippen molar-refractivity contribution in [2.75, 3.05) is 0 Å². The number of ether oxygens (including phenoxy) is 1. The van der Waals surface area contributed by atoms with Gasteiger partial charge in [0.2, 0.25) is 0 Å². The molecular formula is C25H35BN2O4. The van der Waals surface area contributed by atoms with Crippen LogP contribution in [0.5, 0.6) is 0 Å². The molecule has 1 aromatic heterocycles. The van der Waals surface area contributed by atoms with E-state index < -0.39 is 5.60 Å². The van der Waals surface area contributed by atoms with Crippen LogP contribution in [-0.2, 0) is 18.8 Å². The maximum absolute atomic E-state index is 12.7. The van der Waals surface area contributed by atoms with Gasteiger partial charge < -0.3 is 19.0 Å². The number of H-pyrrole nitrogens is 1. The quantitative estimate of drug-likeness (QED) is 0.558. The molecule has 2 atom stereocenters. The zero-order valence-corrected chi connectivity index (χ0v) is 20.3. The number of rotatable bonds is 4. The molecule has 1 saturated heterocycles. The average molecular weight is 438 g/mol. The minimum absolute atomic E-state index is 0.0719. The van der Waals surface area contributed by atoms with E-state index in [0.717, 1.165) is 41.8 Å². The van der Waals surface area contributed by atoms with Crippen molar-refractivity contribution in [1.82, 2.24) is 9.97 Å². The summed E-state index contributed by atoms with van der Waals surface area (Å²) in [5, 5.41) is 0. The highest BCUT2D eigenvalue weighted by Gasteiger charge is 2.51. The summed E-state index contributed by atoms with van der Waals surface area (Å²) in [5.41, 5.74) is 1.78. The zero-order chi connectivity index (χ0) is 23.3. The van der Waals surface area contributed by atoms with Gasteiger partial charge in [-0.1, -0.05) is 30.7 Å². The number of carbonyl (C=O) groups is 1. The third-order valence-corrected chi connectivity index (χ3v) is 6.92. The summed E-state index contributed by atoms with van der Waals surface area (Å²) in [6.07, 6.45) is 4.65. The van der Waals surface area contributed by atoms with Gasteiger partial charge in [0.05, 0.1) is 29.0 Å². The van der Waals surface area contributed by atoms with E-state index in [-0.39, 0.29) is 36.1 Å². The Balaban J connectivity index is 1.48. The summed E-state index contributed by atoms with van der Waals surface area (Å²) in [4.78, 5) is 20.8. The van der Waals surface area contributed by atoms with Crippen molar-refractivity contribution in [3.8, 4) is 11.3 Å². The van der Waals surface area contributed by atoms with Crippen LogP contribution in [-0.4, -0.2) is 39.9 Å². The summed E-state index contributed by atoms with van der Waals surface area (Å²) in [5.74, 6) is 0.676. The Kier molecular flexibility index (Phi) is 5.79. The number of hydrogen-bond acceptors (Lipinski definition) is 5. The van der Waals surface area contributed by atoms with Crippen molar-refractivity contribution in [3.63, 3.8) is 0 Å². The predicted octanol–water partition coefficient (Wildman–Crippen LogP) is 4.60. The van der Waals surface area contributed by atoms with Crippen molar-refractivity contribution >= 4 is 18.6 Å². The maximum atomic E-state index is 12.7. The number of nitrogens with zero attached hydrogens (tertiary/aromatic N) is 1. The molecule has 4 rings (SSSR count). The van der Waals surface area contributed by atoms with Crippen molar-refractivity contribution in [2.45, 2.75) is 90.4 Å². The fraction of sp³-hybridized carbons (Fsp3) is 0.600. The van der Waals surface area contributed by atoms with Crippen LogP contribution < -0.4 is 5.46 Å². The first-order valence-corrected chi connectivity index (χ1v) is 11.6. The molecule has 0 bridgehead atoms. The number of nitrogens with one attached hydrogen (secondary N) is 1.